The van der Waals surface area contributed by atoms with Crippen molar-refractivity contribution in [2.75, 3.05) is 5.33 Å². The quantitative estimate of drug-likeness (QED) is 0.735. The Hall–Kier alpha value is -0.650. The van der Waals surface area contributed by atoms with E-state index in [0.29, 0.717) is 11.8 Å². The van der Waals surface area contributed by atoms with E-state index < -0.39 is 18.0 Å². The maximum Gasteiger partial charge on any atom is 0.123 e. The van der Waals surface area contributed by atoms with E-state index in [1.165, 1.54) is 0 Å². The molecule has 0 amide bonds. The van der Waals surface area contributed by atoms with Crippen molar-refractivity contribution in [3.63, 3.8) is 0 Å². The lowest BCUT2D eigenvalue weighted by molar-refractivity contribution is 0.0158. The van der Waals surface area contributed by atoms with Crippen LogP contribution in [0.15, 0.2) is 18.2 Å². The topological polar surface area (TPSA) is 60.7 Å². The summed E-state index contributed by atoms with van der Waals surface area (Å²) in [6, 6.07) is 3.24. The minimum absolute atomic E-state index is 0.00319. The van der Waals surface area contributed by atoms with Gasteiger partial charge in [0.25, 0.3) is 0 Å². The van der Waals surface area contributed by atoms with Gasteiger partial charge in [-0.05, 0) is 24.6 Å². The van der Waals surface area contributed by atoms with E-state index in [4.69, 9.17) is 0 Å². The number of aliphatic hydroxyl groups excluding tert-OH is 2. The average molecular weight is 279 g/mol. The van der Waals surface area contributed by atoms with E-state index in [-0.39, 0.29) is 11.3 Å². The summed E-state index contributed by atoms with van der Waals surface area (Å²) in [7, 11) is 0. The highest BCUT2D eigenvalue weighted by atomic mass is 79.9. The van der Waals surface area contributed by atoms with E-state index in [9.17, 15) is 19.7 Å². The number of benzene rings is 1. The second-order valence-electron chi connectivity index (χ2n) is 3.19. The van der Waals surface area contributed by atoms with Gasteiger partial charge in [-0.2, -0.15) is 0 Å². The van der Waals surface area contributed by atoms with Crippen molar-refractivity contribution in [3.8, 4) is 5.75 Å². The highest BCUT2D eigenvalue weighted by Gasteiger charge is 2.21. The summed E-state index contributed by atoms with van der Waals surface area (Å²) in [5.74, 6) is -0.787. The third kappa shape index (κ3) is 3.15. The van der Waals surface area contributed by atoms with E-state index in [2.05, 4.69) is 15.9 Å². The zero-order valence-corrected chi connectivity index (χ0v) is 9.48. The van der Waals surface area contributed by atoms with Crippen molar-refractivity contribution in [2.45, 2.75) is 18.6 Å². The number of alkyl halides is 1. The highest BCUT2D eigenvalue weighted by Crippen LogP contribution is 2.28. The molecule has 0 heterocycles. The molecule has 1 rings (SSSR count). The van der Waals surface area contributed by atoms with Gasteiger partial charge in [0, 0.05) is 10.9 Å². The normalized spacial score (nSPS) is 14.9. The number of aliphatic hydroxyl groups is 2. The third-order valence-electron chi connectivity index (χ3n) is 2.08. The fourth-order valence-corrected chi connectivity index (χ4v) is 1.71. The fourth-order valence-electron chi connectivity index (χ4n) is 1.24. The summed E-state index contributed by atoms with van der Waals surface area (Å²) in [5, 5.41) is 29.0. The first-order chi connectivity index (χ1) is 7.06. The van der Waals surface area contributed by atoms with Crippen LogP contribution in [0.25, 0.3) is 0 Å². The van der Waals surface area contributed by atoms with Gasteiger partial charge in [-0.15, -0.1) is 0 Å². The zero-order valence-electron chi connectivity index (χ0n) is 7.90. The molecule has 0 spiro atoms. The lowest BCUT2D eigenvalue weighted by Crippen LogP contribution is -2.18. The van der Waals surface area contributed by atoms with Crippen LogP contribution in [0.5, 0.6) is 5.75 Å². The summed E-state index contributed by atoms with van der Waals surface area (Å²) < 4.78 is 12.8. The molecule has 0 fully saturated rings. The first-order valence-corrected chi connectivity index (χ1v) is 5.59. The Labute approximate surface area is 95.3 Å². The molecule has 3 N–H and O–H groups in total. The predicted molar refractivity (Wildman–Crippen MR) is 57.4 cm³/mol. The number of hydrogen-bond acceptors (Lipinski definition) is 3. The number of rotatable bonds is 4. The first-order valence-electron chi connectivity index (χ1n) is 4.46. The van der Waals surface area contributed by atoms with Crippen LogP contribution in [0.1, 0.15) is 18.1 Å². The molecule has 1 aromatic carbocycles. The Morgan fingerprint density at radius 2 is 2.00 bits per heavy atom. The van der Waals surface area contributed by atoms with Gasteiger partial charge in [0.05, 0.1) is 6.10 Å². The first kappa shape index (κ1) is 12.4. The summed E-state index contributed by atoms with van der Waals surface area (Å²) in [6.07, 6.45) is -1.99. The van der Waals surface area contributed by atoms with Gasteiger partial charge in [-0.25, -0.2) is 4.39 Å². The maximum absolute atomic E-state index is 12.8. The highest BCUT2D eigenvalue weighted by molar-refractivity contribution is 9.09. The lowest BCUT2D eigenvalue weighted by atomic mass is 10.0. The van der Waals surface area contributed by atoms with Gasteiger partial charge in [0.2, 0.25) is 0 Å². The van der Waals surface area contributed by atoms with E-state index in [1.807, 2.05) is 0 Å². The van der Waals surface area contributed by atoms with Crippen molar-refractivity contribution in [3.05, 3.63) is 29.6 Å². The lowest BCUT2D eigenvalue weighted by Gasteiger charge is -2.18. The van der Waals surface area contributed by atoms with Crippen molar-refractivity contribution >= 4 is 15.9 Å². The number of phenols is 1. The molecule has 2 unspecified atom stereocenters. The Morgan fingerprint density at radius 3 is 2.60 bits per heavy atom. The Balaban J connectivity index is 2.89. The Kier molecular flexibility index (Phi) is 4.50. The molecule has 0 aliphatic carbocycles. The molecule has 0 saturated heterocycles. The van der Waals surface area contributed by atoms with Crippen molar-refractivity contribution in [1.29, 1.82) is 0 Å². The molecular formula is C10H12BrFO3. The number of aromatic hydroxyl groups is 1. The number of phenolic OH excluding ortho intramolecular Hbond substituents is 1. The molecule has 1 aromatic rings. The van der Waals surface area contributed by atoms with Crippen LogP contribution in [0.4, 0.5) is 4.39 Å². The molecule has 2 atom stereocenters. The molecule has 0 saturated carbocycles. The Morgan fingerprint density at radius 1 is 1.33 bits per heavy atom. The van der Waals surface area contributed by atoms with Crippen LogP contribution in [-0.4, -0.2) is 26.8 Å². The summed E-state index contributed by atoms with van der Waals surface area (Å²) in [6.45, 7) is 0. The minimum atomic E-state index is -1.28. The fraction of sp³-hybridized carbons (Fsp3) is 0.400. The van der Waals surface area contributed by atoms with Crippen LogP contribution in [0.2, 0.25) is 0 Å². The Bertz CT molecular complexity index is 332. The number of hydrogen-bond donors (Lipinski definition) is 3. The van der Waals surface area contributed by atoms with Gasteiger partial charge in [0.15, 0.2) is 0 Å². The van der Waals surface area contributed by atoms with Crippen molar-refractivity contribution in [2.24, 2.45) is 0 Å². The smallest absolute Gasteiger partial charge is 0.123 e. The van der Waals surface area contributed by atoms with Crippen molar-refractivity contribution < 1.29 is 19.7 Å². The maximum atomic E-state index is 12.8. The molecule has 0 aromatic heterocycles. The molecule has 0 aliphatic heterocycles. The summed E-state index contributed by atoms with van der Waals surface area (Å²) in [4.78, 5) is 0. The van der Waals surface area contributed by atoms with Crippen LogP contribution < -0.4 is 0 Å². The van der Waals surface area contributed by atoms with Crippen LogP contribution >= 0.6 is 15.9 Å². The van der Waals surface area contributed by atoms with E-state index >= 15 is 0 Å². The molecule has 0 radical (unpaired) electrons. The molecule has 0 bridgehead atoms. The van der Waals surface area contributed by atoms with Gasteiger partial charge < -0.3 is 15.3 Å². The average Bonchev–Trinajstić information content (AvgIpc) is 2.21. The largest absolute Gasteiger partial charge is 0.508 e. The minimum Gasteiger partial charge on any atom is -0.508 e. The van der Waals surface area contributed by atoms with Gasteiger partial charge >= 0.3 is 0 Å². The van der Waals surface area contributed by atoms with Crippen LogP contribution in [0.3, 0.4) is 0 Å². The second kappa shape index (κ2) is 5.44. The monoisotopic (exact) mass is 278 g/mol. The molecule has 3 nitrogen and oxygen atoms in total. The summed E-state index contributed by atoms with van der Waals surface area (Å²) in [5.41, 5.74) is 0.00319. The SMILES string of the molecule is Oc1ccc(F)cc1C(O)C(O)CCBr. The van der Waals surface area contributed by atoms with Crippen LogP contribution in [-0.2, 0) is 0 Å². The van der Waals surface area contributed by atoms with E-state index in [0.717, 1.165) is 18.2 Å². The molecule has 15 heavy (non-hydrogen) atoms. The summed E-state index contributed by atoms with van der Waals surface area (Å²) >= 11 is 3.12. The predicted octanol–water partition coefficient (Wildman–Crippen LogP) is 1.71. The number of halogens is 2. The zero-order chi connectivity index (χ0) is 11.4. The van der Waals surface area contributed by atoms with Gasteiger partial charge in [-0.3, -0.25) is 0 Å². The third-order valence-corrected chi connectivity index (χ3v) is 2.54. The molecule has 84 valence electrons. The van der Waals surface area contributed by atoms with Gasteiger partial charge in [-0.1, -0.05) is 15.9 Å². The van der Waals surface area contributed by atoms with Crippen molar-refractivity contribution in [1.82, 2.24) is 0 Å². The molecular weight excluding hydrogens is 267 g/mol. The van der Waals surface area contributed by atoms with Crippen LogP contribution in [0, 0.1) is 5.82 Å². The molecule has 0 aliphatic rings. The standard InChI is InChI=1S/C10H12BrFO3/c11-4-3-9(14)10(15)7-5-6(12)1-2-8(7)13/h1-2,5,9-10,13-15H,3-4H2. The second-order valence-corrected chi connectivity index (χ2v) is 3.99. The van der Waals surface area contributed by atoms with E-state index in [1.54, 1.807) is 0 Å². The molecule has 5 heteroatoms. The van der Waals surface area contributed by atoms with Gasteiger partial charge in [0.1, 0.15) is 17.7 Å².